The van der Waals surface area contributed by atoms with Gasteiger partial charge in [-0.2, -0.15) is 0 Å². The largest absolute Gasteiger partial charge is 0.489 e. The number of rotatable bonds is 5. The minimum atomic E-state index is -0.189. The summed E-state index contributed by atoms with van der Waals surface area (Å²) < 4.78 is 11.0. The van der Waals surface area contributed by atoms with Gasteiger partial charge in [-0.25, -0.2) is 0 Å². The van der Waals surface area contributed by atoms with Gasteiger partial charge >= 0.3 is 0 Å². The number of amides is 2. The lowest BCUT2D eigenvalue weighted by atomic mass is 10.2. The molecule has 0 N–H and O–H groups in total. The molecule has 2 amide bonds. The summed E-state index contributed by atoms with van der Waals surface area (Å²) in [4.78, 5) is 27.7. The van der Waals surface area contributed by atoms with Crippen LogP contribution in [0.2, 0.25) is 0 Å². The van der Waals surface area contributed by atoms with Crippen LogP contribution in [0.15, 0.2) is 24.3 Å². The molecule has 1 aromatic rings. The fourth-order valence-corrected chi connectivity index (χ4v) is 2.45. The maximum absolute atomic E-state index is 12.5. The molecule has 0 radical (unpaired) electrons. The van der Waals surface area contributed by atoms with Crippen molar-refractivity contribution in [2.45, 2.75) is 26.9 Å². The summed E-state index contributed by atoms with van der Waals surface area (Å²) in [6, 6.07) is 7.29. The number of nitrogens with zero attached hydrogens (tertiary/aromatic N) is 2. The number of carbonyl (C=O) groups is 2. The van der Waals surface area contributed by atoms with Gasteiger partial charge in [-0.3, -0.25) is 14.5 Å². The van der Waals surface area contributed by atoms with E-state index in [1.54, 1.807) is 11.0 Å². The van der Waals surface area contributed by atoms with Gasteiger partial charge < -0.3 is 14.4 Å². The van der Waals surface area contributed by atoms with Crippen molar-refractivity contribution in [3.63, 3.8) is 0 Å². The summed E-state index contributed by atoms with van der Waals surface area (Å²) >= 11 is 0. The third-order valence-corrected chi connectivity index (χ3v) is 3.56. The van der Waals surface area contributed by atoms with E-state index >= 15 is 0 Å². The number of ether oxygens (including phenoxy) is 2. The van der Waals surface area contributed by atoms with Gasteiger partial charge in [-0.15, -0.1) is 0 Å². The topological polar surface area (TPSA) is 59.1 Å². The summed E-state index contributed by atoms with van der Waals surface area (Å²) in [5, 5.41) is 0. The Morgan fingerprint density at radius 2 is 1.91 bits per heavy atom. The van der Waals surface area contributed by atoms with Gasteiger partial charge in [0.25, 0.3) is 0 Å². The zero-order valence-electron chi connectivity index (χ0n) is 13.9. The first-order chi connectivity index (χ1) is 11.0. The van der Waals surface area contributed by atoms with E-state index in [-0.39, 0.29) is 24.5 Å². The van der Waals surface area contributed by atoms with Gasteiger partial charge in [-0.05, 0) is 26.0 Å². The van der Waals surface area contributed by atoms with Gasteiger partial charge in [0.15, 0.2) is 0 Å². The summed E-state index contributed by atoms with van der Waals surface area (Å²) in [6.07, 6.45) is -0.0140. The van der Waals surface area contributed by atoms with E-state index in [0.29, 0.717) is 37.7 Å². The SMILES string of the molecule is CC(=O)N(CC(=O)N1CCOCC1)c1ccccc1OC(C)C. The first-order valence-electron chi connectivity index (χ1n) is 7.88. The highest BCUT2D eigenvalue weighted by Gasteiger charge is 2.24. The minimum Gasteiger partial charge on any atom is -0.489 e. The number of para-hydroxylation sites is 2. The molecule has 0 saturated carbocycles. The van der Waals surface area contributed by atoms with Crippen LogP contribution in [0.25, 0.3) is 0 Å². The first-order valence-corrected chi connectivity index (χ1v) is 7.88. The molecule has 1 heterocycles. The van der Waals surface area contributed by atoms with E-state index in [9.17, 15) is 9.59 Å². The Morgan fingerprint density at radius 1 is 1.26 bits per heavy atom. The number of hydrogen-bond acceptors (Lipinski definition) is 4. The Hall–Kier alpha value is -2.08. The maximum atomic E-state index is 12.5. The predicted octanol–water partition coefficient (Wildman–Crippen LogP) is 1.69. The molecular weight excluding hydrogens is 296 g/mol. The highest BCUT2D eigenvalue weighted by atomic mass is 16.5. The second-order valence-corrected chi connectivity index (χ2v) is 5.73. The maximum Gasteiger partial charge on any atom is 0.242 e. The van der Waals surface area contributed by atoms with Crippen LogP contribution >= 0.6 is 0 Å². The zero-order chi connectivity index (χ0) is 16.8. The van der Waals surface area contributed by atoms with Gasteiger partial charge in [0.1, 0.15) is 12.3 Å². The molecular formula is C17H24N2O4. The van der Waals surface area contributed by atoms with Crippen molar-refractivity contribution in [2.75, 3.05) is 37.7 Å². The van der Waals surface area contributed by atoms with Crippen LogP contribution in [-0.4, -0.2) is 55.7 Å². The Morgan fingerprint density at radius 3 is 2.52 bits per heavy atom. The molecule has 6 heteroatoms. The second kappa shape index (κ2) is 7.97. The van der Waals surface area contributed by atoms with Crippen molar-refractivity contribution in [1.29, 1.82) is 0 Å². The fourth-order valence-electron chi connectivity index (χ4n) is 2.45. The zero-order valence-corrected chi connectivity index (χ0v) is 13.9. The molecule has 23 heavy (non-hydrogen) atoms. The Bertz CT molecular complexity index is 553. The first kappa shape index (κ1) is 17.3. The Balaban J connectivity index is 2.18. The molecule has 0 spiro atoms. The van der Waals surface area contributed by atoms with Gasteiger partial charge in [0.2, 0.25) is 11.8 Å². The standard InChI is InChI=1S/C17H24N2O4/c1-13(2)23-16-7-5-4-6-15(16)19(14(3)20)12-17(21)18-8-10-22-11-9-18/h4-7,13H,8-12H2,1-3H3. The van der Waals surface area contributed by atoms with Crippen LogP contribution < -0.4 is 9.64 Å². The molecule has 1 saturated heterocycles. The quantitative estimate of drug-likeness (QED) is 0.828. The summed E-state index contributed by atoms with van der Waals surface area (Å²) in [5.74, 6) is 0.335. The van der Waals surface area contributed by atoms with Crippen molar-refractivity contribution < 1.29 is 19.1 Å². The lowest BCUT2D eigenvalue weighted by molar-refractivity contribution is -0.134. The molecule has 1 aliphatic heterocycles. The highest BCUT2D eigenvalue weighted by molar-refractivity contribution is 5.98. The summed E-state index contributed by atoms with van der Waals surface area (Å²) in [7, 11) is 0. The van der Waals surface area contributed by atoms with Crippen LogP contribution in [0.3, 0.4) is 0 Å². The van der Waals surface area contributed by atoms with E-state index < -0.39 is 0 Å². The molecule has 2 rings (SSSR count). The van der Waals surface area contributed by atoms with Crippen LogP contribution in [0.4, 0.5) is 5.69 Å². The highest BCUT2D eigenvalue weighted by Crippen LogP contribution is 2.29. The average Bonchev–Trinajstić information content (AvgIpc) is 2.53. The molecule has 0 atom stereocenters. The number of anilines is 1. The number of hydrogen-bond donors (Lipinski definition) is 0. The fraction of sp³-hybridized carbons (Fsp3) is 0.529. The van der Waals surface area contributed by atoms with Crippen LogP contribution in [0, 0.1) is 0 Å². The molecule has 1 aliphatic rings. The molecule has 126 valence electrons. The third-order valence-electron chi connectivity index (χ3n) is 3.56. The van der Waals surface area contributed by atoms with Gasteiger partial charge in [0.05, 0.1) is 25.0 Å². The summed E-state index contributed by atoms with van der Waals surface area (Å²) in [6.45, 7) is 7.52. The lowest BCUT2D eigenvalue weighted by Crippen LogP contribution is -2.47. The van der Waals surface area contributed by atoms with Crippen LogP contribution in [0.5, 0.6) is 5.75 Å². The number of carbonyl (C=O) groups excluding carboxylic acids is 2. The van der Waals surface area contributed by atoms with E-state index in [4.69, 9.17) is 9.47 Å². The van der Waals surface area contributed by atoms with E-state index in [0.717, 1.165) is 0 Å². The number of morpholine rings is 1. The molecule has 0 bridgehead atoms. The molecule has 1 aromatic carbocycles. The smallest absolute Gasteiger partial charge is 0.242 e. The molecule has 0 aliphatic carbocycles. The van der Waals surface area contributed by atoms with Crippen LogP contribution in [-0.2, 0) is 14.3 Å². The van der Waals surface area contributed by atoms with Crippen LogP contribution in [0.1, 0.15) is 20.8 Å². The van der Waals surface area contributed by atoms with Gasteiger partial charge in [0, 0.05) is 20.0 Å². The van der Waals surface area contributed by atoms with Gasteiger partial charge in [-0.1, -0.05) is 12.1 Å². The van der Waals surface area contributed by atoms with E-state index in [2.05, 4.69) is 0 Å². The third kappa shape index (κ3) is 4.69. The lowest BCUT2D eigenvalue weighted by Gasteiger charge is -2.30. The van der Waals surface area contributed by atoms with Crippen molar-refractivity contribution in [1.82, 2.24) is 4.90 Å². The Labute approximate surface area is 137 Å². The normalized spacial score (nSPS) is 14.7. The number of benzene rings is 1. The molecule has 0 unspecified atom stereocenters. The molecule has 6 nitrogen and oxygen atoms in total. The predicted molar refractivity (Wildman–Crippen MR) is 87.6 cm³/mol. The minimum absolute atomic E-state index is 0.00774. The van der Waals surface area contributed by atoms with E-state index in [1.807, 2.05) is 32.0 Å². The monoisotopic (exact) mass is 320 g/mol. The van der Waals surface area contributed by atoms with Crippen molar-refractivity contribution in [2.24, 2.45) is 0 Å². The van der Waals surface area contributed by atoms with E-state index in [1.165, 1.54) is 11.8 Å². The Kier molecular flexibility index (Phi) is 5.98. The molecule has 0 aromatic heterocycles. The average molecular weight is 320 g/mol. The molecule has 1 fully saturated rings. The van der Waals surface area contributed by atoms with Crippen molar-refractivity contribution >= 4 is 17.5 Å². The van der Waals surface area contributed by atoms with Crippen molar-refractivity contribution in [3.05, 3.63) is 24.3 Å². The second-order valence-electron chi connectivity index (χ2n) is 5.73. The summed E-state index contributed by atoms with van der Waals surface area (Å²) in [5.41, 5.74) is 0.621. The van der Waals surface area contributed by atoms with Crippen molar-refractivity contribution in [3.8, 4) is 5.75 Å².